The lowest BCUT2D eigenvalue weighted by Gasteiger charge is -2.24. The third-order valence-electron chi connectivity index (χ3n) is 7.03. The predicted molar refractivity (Wildman–Crippen MR) is 138 cm³/mol. The molecule has 184 valence electrons. The van der Waals surface area contributed by atoms with Crippen LogP contribution < -0.4 is 10.1 Å². The predicted octanol–water partition coefficient (Wildman–Crippen LogP) is 4.92. The van der Waals surface area contributed by atoms with Crippen LogP contribution in [0.15, 0.2) is 36.4 Å². The lowest BCUT2D eigenvalue weighted by molar-refractivity contribution is 0.0388. The summed E-state index contributed by atoms with van der Waals surface area (Å²) in [5, 5.41) is 4.97. The summed E-state index contributed by atoms with van der Waals surface area (Å²) in [5.74, 6) is 0.411. The van der Waals surface area contributed by atoms with Crippen molar-refractivity contribution in [3.05, 3.63) is 64.2 Å². The Kier molecular flexibility index (Phi) is 5.45. The molecule has 3 aromatic carbocycles. The smallest absolute Gasteiger partial charge is 0.338 e. The number of ether oxygens (including phenoxy) is 3. The van der Waals surface area contributed by atoms with Crippen LogP contribution in [-0.2, 0) is 28.9 Å². The molecular weight excluding hydrogens is 456 g/mol. The van der Waals surface area contributed by atoms with E-state index in [0.29, 0.717) is 18.7 Å². The van der Waals surface area contributed by atoms with Crippen molar-refractivity contribution in [3.8, 4) is 16.9 Å². The number of hydrogen-bond acceptors (Lipinski definition) is 5. The summed E-state index contributed by atoms with van der Waals surface area (Å²) in [6.07, 6.45) is 1.77. The number of benzene rings is 3. The zero-order chi connectivity index (χ0) is 25.0. The zero-order valence-corrected chi connectivity index (χ0v) is 20.6. The Labute approximate surface area is 208 Å². The molecule has 1 aliphatic carbocycles. The second-order valence-corrected chi connectivity index (χ2v) is 9.64. The van der Waals surface area contributed by atoms with Gasteiger partial charge in [0.1, 0.15) is 12.4 Å². The van der Waals surface area contributed by atoms with Gasteiger partial charge in [-0.2, -0.15) is 0 Å². The normalized spacial score (nSPS) is 14.1. The summed E-state index contributed by atoms with van der Waals surface area (Å²) in [6.45, 7) is 5.04. The SMILES string of the molecule is COCCOC(=O)c1ccc2[nH]c3c4c(c5c(c3c2c1)CNC5=O)-c1ccc(OC(C)C)cc1CC4. The second kappa shape index (κ2) is 8.68. The Morgan fingerprint density at radius 3 is 2.69 bits per heavy atom. The number of esters is 1. The van der Waals surface area contributed by atoms with Gasteiger partial charge in [-0.05, 0) is 79.3 Å². The third kappa shape index (κ3) is 3.54. The Morgan fingerprint density at radius 1 is 1.03 bits per heavy atom. The highest BCUT2D eigenvalue weighted by molar-refractivity contribution is 6.19. The van der Waals surface area contributed by atoms with Gasteiger partial charge in [-0.15, -0.1) is 0 Å². The number of carbonyl (C=O) groups excluding carboxylic acids is 2. The molecule has 0 fully saturated rings. The van der Waals surface area contributed by atoms with Crippen LogP contribution in [0.1, 0.15) is 51.3 Å². The summed E-state index contributed by atoms with van der Waals surface area (Å²) in [4.78, 5) is 29.4. The third-order valence-corrected chi connectivity index (χ3v) is 7.03. The highest BCUT2D eigenvalue weighted by Gasteiger charge is 2.33. The van der Waals surface area contributed by atoms with Crippen molar-refractivity contribution in [2.75, 3.05) is 20.3 Å². The van der Waals surface area contributed by atoms with Crippen molar-refractivity contribution in [2.24, 2.45) is 0 Å². The standard InChI is InChI=1S/C29H28N2O5/c1-15(2)36-18-6-8-19-16(12-18)4-7-20-24(19)26-22(14-30-28(26)32)25-21-13-17(29(33)35-11-10-34-3)5-9-23(21)31-27(20)25/h5-6,8-9,12-13,15,31H,4,7,10-11,14H2,1-3H3,(H,30,32). The van der Waals surface area contributed by atoms with Crippen LogP contribution in [0.5, 0.6) is 5.75 Å². The van der Waals surface area contributed by atoms with E-state index in [1.165, 1.54) is 5.56 Å². The van der Waals surface area contributed by atoms with Gasteiger partial charge in [-0.25, -0.2) is 4.79 Å². The molecule has 36 heavy (non-hydrogen) atoms. The number of methoxy groups -OCH3 is 1. The molecule has 4 aromatic rings. The molecule has 6 rings (SSSR count). The van der Waals surface area contributed by atoms with E-state index in [-0.39, 0.29) is 24.6 Å². The molecule has 2 heterocycles. The van der Waals surface area contributed by atoms with E-state index < -0.39 is 0 Å². The summed E-state index contributed by atoms with van der Waals surface area (Å²) in [7, 11) is 1.57. The molecule has 7 nitrogen and oxygen atoms in total. The van der Waals surface area contributed by atoms with Gasteiger partial charge >= 0.3 is 5.97 Å². The molecule has 2 aliphatic rings. The number of H-pyrrole nitrogens is 1. The van der Waals surface area contributed by atoms with Crippen LogP contribution >= 0.6 is 0 Å². The maximum Gasteiger partial charge on any atom is 0.338 e. The molecule has 0 saturated carbocycles. The van der Waals surface area contributed by atoms with Crippen LogP contribution in [0.2, 0.25) is 0 Å². The van der Waals surface area contributed by atoms with Crippen molar-refractivity contribution in [2.45, 2.75) is 39.3 Å². The number of hydrogen-bond donors (Lipinski definition) is 2. The molecule has 1 aromatic heterocycles. The second-order valence-electron chi connectivity index (χ2n) is 9.64. The first-order chi connectivity index (χ1) is 17.5. The van der Waals surface area contributed by atoms with Crippen LogP contribution in [0, 0.1) is 0 Å². The van der Waals surface area contributed by atoms with E-state index in [4.69, 9.17) is 14.2 Å². The largest absolute Gasteiger partial charge is 0.491 e. The highest BCUT2D eigenvalue weighted by atomic mass is 16.6. The minimum atomic E-state index is -0.388. The topological polar surface area (TPSA) is 89.7 Å². The molecule has 1 amide bonds. The van der Waals surface area contributed by atoms with E-state index in [1.807, 2.05) is 32.0 Å². The van der Waals surface area contributed by atoms with E-state index in [9.17, 15) is 9.59 Å². The van der Waals surface area contributed by atoms with Crippen LogP contribution in [-0.4, -0.2) is 43.3 Å². The highest BCUT2D eigenvalue weighted by Crippen LogP contribution is 2.46. The van der Waals surface area contributed by atoms with E-state index >= 15 is 0 Å². The fourth-order valence-electron chi connectivity index (χ4n) is 5.57. The molecule has 0 spiro atoms. The fraction of sp³-hybridized carbons (Fsp3) is 0.310. The minimum absolute atomic E-state index is 0.0528. The monoisotopic (exact) mass is 484 g/mol. The van der Waals surface area contributed by atoms with Crippen LogP contribution in [0.25, 0.3) is 32.9 Å². The van der Waals surface area contributed by atoms with Gasteiger partial charge in [-0.3, -0.25) is 4.79 Å². The molecular formula is C29H28N2O5. The summed E-state index contributed by atoms with van der Waals surface area (Å²) < 4.78 is 16.2. The zero-order valence-electron chi connectivity index (χ0n) is 20.6. The maximum absolute atomic E-state index is 13.2. The van der Waals surface area contributed by atoms with E-state index in [1.54, 1.807) is 13.2 Å². The van der Waals surface area contributed by atoms with Crippen molar-refractivity contribution in [3.63, 3.8) is 0 Å². The summed E-state index contributed by atoms with van der Waals surface area (Å²) >= 11 is 0. The van der Waals surface area contributed by atoms with Gasteiger partial charge in [0.2, 0.25) is 0 Å². The summed E-state index contributed by atoms with van der Waals surface area (Å²) in [5.41, 5.74) is 8.59. The Morgan fingerprint density at radius 2 is 1.89 bits per heavy atom. The van der Waals surface area contributed by atoms with Crippen molar-refractivity contribution in [1.82, 2.24) is 10.3 Å². The average Bonchev–Trinajstić information content (AvgIpc) is 3.43. The van der Waals surface area contributed by atoms with Gasteiger partial charge in [0.25, 0.3) is 5.91 Å². The van der Waals surface area contributed by atoms with Crippen LogP contribution in [0.4, 0.5) is 0 Å². The number of aromatic nitrogens is 1. The van der Waals surface area contributed by atoms with E-state index in [0.717, 1.165) is 68.2 Å². The lowest BCUT2D eigenvalue weighted by Crippen LogP contribution is -2.15. The van der Waals surface area contributed by atoms with Crippen molar-refractivity contribution < 1.29 is 23.8 Å². The molecule has 7 heteroatoms. The maximum atomic E-state index is 13.2. The molecule has 0 bridgehead atoms. The average molecular weight is 485 g/mol. The van der Waals surface area contributed by atoms with E-state index in [2.05, 4.69) is 22.4 Å². The minimum Gasteiger partial charge on any atom is -0.491 e. The molecule has 0 saturated heterocycles. The van der Waals surface area contributed by atoms with Gasteiger partial charge in [0.05, 0.1) is 29.4 Å². The first-order valence-electron chi connectivity index (χ1n) is 12.3. The number of carbonyl (C=O) groups is 2. The number of rotatable bonds is 6. The first-order valence-corrected chi connectivity index (χ1v) is 12.3. The fourth-order valence-corrected chi connectivity index (χ4v) is 5.57. The van der Waals surface area contributed by atoms with Crippen molar-refractivity contribution in [1.29, 1.82) is 0 Å². The molecule has 0 unspecified atom stereocenters. The molecule has 0 atom stereocenters. The van der Waals surface area contributed by atoms with Crippen molar-refractivity contribution >= 4 is 33.7 Å². The first kappa shape index (κ1) is 22.6. The Balaban J connectivity index is 1.54. The quantitative estimate of drug-likeness (QED) is 0.300. The number of amides is 1. The van der Waals surface area contributed by atoms with Gasteiger partial charge in [0.15, 0.2) is 0 Å². The van der Waals surface area contributed by atoms with Gasteiger partial charge in [-0.1, -0.05) is 6.07 Å². The molecule has 1 aliphatic heterocycles. The Hall–Kier alpha value is -3.84. The van der Waals surface area contributed by atoms with Crippen LogP contribution in [0.3, 0.4) is 0 Å². The number of nitrogens with one attached hydrogen (secondary N) is 2. The lowest BCUT2D eigenvalue weighted by atomic mass is 9.80. The van der Waals surface area contributed by atoms with Gasteiger partial charge < -0.3 is 24.5 Å². The molecule has 0 radical (unpaired) electrons. The Bertz CT molecular complexity index is 1550. The number of aryl methyl sites for hydroxylation is 2. The molecule has 2 N–H and O–H groups in total. The van der Waals surface area contributed by atoms with Gasteiger partial charge in [0, 0.05) is 35.5 Å². The number of fused-ring (bicyclic) bond motifs is 10. The summed E-state index contributed by atoms with van der Waals surface area (Å²) in [6, 6.07) is 11.7. The number of aromatic amines is 1.